The second-order valence-electron chi connectivity index (χ2n) is 5.35. The molecule has 5 nitrogen and oxygen atoms in total. The third-order valence-corrected chi connectivity index (χ3v) is 3.62. The Hall–Kier alpha value is -2.89. The maximum atomic E-state index is 13.3. The SMILES string of the molecule is O=C(CN1Cc2cc(F)ccc2NC1=O)NCc1ccccc1. The van der Waals surface area contributed by atoms with Crippen LogP contribution in [0, 0.1) is 5.82 Å². The summed E-state index contributed by atoms with van der Waals surface area (Å²) in [5, 5.41) is 5.42. The first-order valence-corrected chi connectivity index (χ1v) is 7.27. The molecule has 0 saturated carbocycles. The van der Waals surface area contributed by atoms with Crippen LogP contribution in [0.1, 0.15) is 11.1 Å². The molecule has 0 saturated heterocycles. The Morgan fingerprint density at radius 2 is 2.00 bits per heavy atom. The number of carbonyl (C=O) groups is 2. The van der Waals surface area contributed by atoms with E-state index in [4.69, 9.17) is 0 Å². The van der Waals surface area contributed by atoms with Gasteiger partial charge in [0.25, 0.3) is 0 Å². The lowest BCUT2D eigenvalue weighted by Crippen LogP contribution is -2.44. The quantitative estimate of drug-likeness (QED) is 0.911. The minimum atomic E-state index is -0.367. The molecule has 0 radical (unpaired) electrons. The summed E-state index contributed by atoms with van der Waals surface area (Å²) in [6, 6.07) is 13.3. The number of rotatable bonds is 4. The molecule has 2 aromatic rings. The van der Waals surface area contributed by atoms with E-state index in [0.717, 1.165) is 5.56 Å². The lowest BCUT2D eigenvalue weighted by molar-refractivity contribution is -0.121. The van der Waals surface area contributed by atoms with Gasteiger partial charge in [0.15, 0.2) is 0 Å². The summed E-state index contributed by atoms with van der Waals surface area (Å²) in [6.07, 6.45) is 0. The van der Waals surface area contributed by atoms with Crippen LogP contribution in [0.4, 0.5) is 14.9 Å². The fraction of sp³-hybridized carbons (Fsp3) is 0.176. The topological polar surface area (TPSA) is 61.4 Å². The normalized spacial score (nSPS) is 13.3. The molecule has 0 aliphatic carbocycles. The summed E-state index contributed by atoms with van der Waals surface area (Å²) >= 11 is 0. The van der Waals surface area contributed by atoms with Crippen molar-refractivity contribution in [2.75, 3.05) is 11.9 Å². The van der Waals surface area contributed by atoms with Gasteiger partial charge in [0.2, 0.25) is 5.91 Å². The van der Waals surface area contributed by atoms with Gasteiger partial charge < -0.3 is 15.5 Å². The first kappa shape index (κ1) is 15.0. The number of benzene rings is 2. The molecule has 0 bridgehead atoms. The van der Waals surface area contributed by atoms with Gasteiger partial charge in [-0.25, -0.2) is 9.18 Å². The van der Waals surface area contributed by atoms with Gasteiger partial charge >= 0.3 is 6.03 Å². The second-order valence-corrected chi connectivity index (χ2v) is 5.35. The summed E-state index contributed by atoms with van der Waals surface area (Å²) in [6.45, 7) is 0.534. The van der Waals surface area contributed by atoms with Crippen molar-refractivity contribution in [1.82, 2.24) is 10.2 Å². The third-order valence-electron chi connectivity index (χ3n) is 3.62. The molecule has 3 rings (SSSR count). The van der Waals surface area contributed by atoms with Gasteiger partial charge in [-0.05, 0) is 29.3 Å². The van der Waals surface area contributed by atoms with Gasteiger partial charge in [-0.15, -0.1) is 0 Å². The predicted molar refractivity (Wildman–Crippen MR) is 84.1 cm³/mol. The summed E-state index contributed by atoms with van der Waals surface area (Å²) < 4.78 is 13.3. The van der Waals surface area contributed by atoms with Crippen LogP contribution in [0.15, 0.2) is 48.5 Å². The molecule has 1 aliphatic heterocycles. The first-order chi connectivity index (χ1) is 11.1. The summed E-state index contributed by atoms with van der Waals surface area (Å²) in [4.78, 5) is 25.3. The Bertz CT molecular complexity index is 734. The lowest BCUT2D eigenvalue weighted by Gasteiger charge is -2.28. The van der Waals surface area contributed by atoms with E-state index in [1.807, 2.05) is 30.3 Å². The highest BCUT2D eigenvalue weighted by Crippen LogP contribution is 2.23. The second kappa shape index (κ2) is 6.48. The van der Waals surface area contributed by atoms with Crippen LogP contribution in [0.5, 0.6) is 0 Å². The number of amides is 3. The van der Waals surface area contributed by atoms with Crippen molar-refractivity contribution in [1.29, 1.82) is 0 Å². The number of halogens is 1. The third kappa shape index (κ3) is 3.66. The zero-order valence-electron chi connectivity index (χ0n) is 12.4. The average Bonchev–Trinajstić information content (AvgIpc) is 2.55. The molecule has 0 unspecified atom stereocenters. The number of nitrogens with one attached hydrogen (secondary N) is 2. The van der Waals surface area contributed by atoms with E-state index in [-0.39, 0.29) is 30.8 Å². The van der Waals surface area contributed by atoms with E-state index >= 15 is 0 Å². The van der Waals surface area contributed by atoms with Crippen molar-refractivity contribution in [2.24, 2.45) is 0 Å². The largest absolute Gasteiger partial charge is 0.350 e. The molecule has 1 aliphatic rings. The van der Waals surface area contributed by atoms with E-state index in [1.54, 1.807) is 0 Å². The molecular formula is C17H16FN3O2. The Labute approximate surface area is 133 Å². The standard InChI is InChI=1S/C17H16FN3O2/c18-14-6-7-15-13(8-14)10-21(17(23)20-15)11-16(22)19-9-12-4-2-1-3-5-12/h1-8H,9-11H2,(H,19,22)(H,20,23). The molecule has 2 aromatic carbocycles. The number of carbonyl (C=O) groups excluding carboxylic acids is 2. The molecule has 0 spiro atoms. The molecule has 2 N–H and O–H groups in total. The van der Waals surface area contributed by atoms with Crippen LogP contribution in [0.25, 0.3) is 0 Å². The number of hydrogen-bond acceptors (Lipinski definition) is 2. The van der Waals surface area contributed by atoms with Crippen LogP contribution >= 0.6 is 0 Å². The van der Waals surface area contributed by atoms with Crippen LogP contribution in [-0.2, 0) is 17.9 Å². The molecule has 6 heteroatoms. The highest BCUT2D eigenvalue weighted by atomic mass is 19.1. The van der Waals surface area contributed by atoms with Gasteiger partial charge in [0.05, 0.1) is 6.54 Å². The van der Waals surface area contributed by atoms with Crippen molar-refractivity contribution < 1.29 is 14.0 Å². The highest BCUT2D eigenvalue weighted by Gasteiger charge is 2.24. The Morgan fingerprint density at radius 3 is 2.78 bits per heavy atom. The molecule has 0 fully saturated rings. The fourth-order valence-corrected chi connectivity index (χ4v) is 2.44. The smallest absolute Gasteiger partial charge is 0.322 e. The fourth-order valence-electron chi connectivity index (χ4n) is 2.44. The van der Waals surface area contributed by atoms with E-state index < -0.39 is 0 Å². The first-order valence-electron chi connectivity index (χ1n) is 7.27. The molecule has 3 amide bonds. The Morgan fingerprint density at radius 1 is 1.22 bits per heavy atom. The summed E-state index contributed by atoms with van der Waals surface area (Å²) in [5.74, 6) is -0.628. The average molecular weight is 313 g/mol. The maximum Gasteiger partial charge on any atom is 0.322 e. The predicted octanol–water partition coefficient (Wildman–Crippen LogP) is 2.49. The van der Waals surface area contributed by atoms with E-state index in [1.165, 1.54) is 23.1 Å². The van der Waals surface area contributed by atoms with Crippen LogP contribution in [0.2, 0.25) is 0 Å². The van der Waals surface area contributed by atoms with Crippen molar-refractivity contribution in [3.63, 3.8) is 0 Å². The van der Waals surface area contributed by atoms with Gasteiger partial charge in [0.1, 0.15) is 12.4 Å². The lowest BCUT2D eigenvalue weighted by atomic mass is 10.1. The minimum Gasteiger partial charge on any atom is -0.350 e. The number of nitrogens with zero attached hydrogens (tertiary/aromatic N) is 1. The van der Waals surface area contributed by atoms with E-state index in [2.05, 4.69) is 10.6 Å². The number of anilines is 1. The summed E-state index contributed by atoms with van der Waals surface area (Å²) in [7, 11) is 0. The van der Waals surface area contributed by atoms with Crippen molar-refractivity contribution in [3.8, 4) is 0 Å². The zero-order chi connectivity index (χ0) is 16.2. The monoisotopic (exact) mass is 313 g/mol. The molecular weight excluding hydrogens is 297 g/mol. The molecule has 0 atom stereocenters. The van der Waals surface area contributed by atoms with Gasteiger partial charge in [-0.2, -0.15) is 0 Å². The van der Waals surface area contributed by atoms with Crippen LogP contribution in [-0.4, -0.2) is 23.4 Å². The van der Waals surface area contributed by atoms with Crippen molar-refractivity contribution in [2.45, 2.75) is 13.1 Å². The molecule has 1 heterocycles. The van der Waals surface area contributed by atoms with E-state index in [0.29, 0.717) is 17.8 Å². The Kier molecular flexibility index (Phi) is 4.23. The zero-order valence-corrected chi connectivity index (χ0v) is 12.4. The number of urea groups is 1. The van der Waals surface area contributed by atoms with E-state index in [9.17, 15) is 14.0 Å². The molecule has 118 valence electrons. The van der Waals surface area contributed by atoms with Crippen molar-refractivity contribution >= 4 is 17.6 Å². The molecule has 23 heavy (non-hydrogen) atoms. The number of hydrogen-bond donors (Lipinski definition) is 2. The van der Waals surface area contributed by atoms with Gasteiger partial charge in [-0.3, -0.25) is 4.79 Å². The maximum absolute atomic E-state index is 13.3. The van der Waals surface area contributed by atoms with Crippen molar-refractivity contribution in [3.05, 3.63) is 65.5 Å². The highest BCUT2D eigenvalue weighted by molar-refractivity contribution is 5.94. The Balaban J connectivity index is 1.59. The van der Waals surface area contributed by atoms with Gasteiger partial charge in [-0.1, -0.05) is 30.3 Å². The van der Waals surface area contributed by atoms with Crippen LogP contribution in [0.3, 0.4) is 0 Å². The van der Waals surface area contributed by atoms with Crippen LogP contribution < -0.4 is 10.6 Å². The summed E-state index contributed by atoms with van der Waals surface area (Å²) in [5.41, 5.74) is 2.22. The number of fused-ring (bicyclic) bond motifs is 1. The van der Waals surface area contributed by atoms with Gasteiger partial charge in [0, 0.05) is 12.2 Å². The molecule has 0 aromatic heterocycles. The minimum absolute atomic E-state index is 0.0748.